The second kappa shape index (κ2) is 13.2. The Bertz CT molecular complexity index is 1510. The molecule has 0 aromatic heterocycles. The summed E-state index contributed by atoms with van der Waals surface area (Å²) < 4.78 is 24.5. The number of methoxy groups -OCH3 is 2. The van der Waals surface area contributed by atoms with Crippen LogP contribution in [0.5, 0.6) is 23.0 Å². The molecule has 11 heteroatoms. The number of aliphatic hydroxyl groups excluding tert-OH is 2. The van der Waals surface area contributed by atoms with E-state index in [1.165, 1.54) is 22.3 Å². The van der Waals surface area contributed by atoms with Gasteiger partial charge in [0.2, 0.25) is 0 Å². The molecule has 6 N–H and O–H groups in total. The number of benzene rings is 2. The van der Waals surface area contributed by atoms with Crippen LogP contribution in [-0.4, -0.2) is 60.9 Å². The molecule has 2 heterocycles. The Morgan fingerprint density at radius 2 is 1.36 bits per heavy atom. The third-order valence-corrected chi connectivity index (χ3v) is 11.2. The first-order valence-electron chi connectivity index (χ1n) is 15.4. The average Bonchev–Trinajstić information content (AvgIpc) is 3.39. The molecule has 45 heavy (non-hydrogen) atoms. The van der Waals surface area contributed by atoms with Crippen LogP contribution in [0.15, 0.2) is 47.0 Å². The van der Waals surface area contributed by atoms with Crippen molar-refractivity contribution < 1.29 is 65.7 Å². The van der Waals surface area contributed by atoms with Crippen molar-refractivity contribution in [3.8, 4) is 23.0 Å². The quantitative estimate of drug-likeness (QED) is 0.265. The first-order valence-corrected chi connectivity index (χ1v) is 16.2. The fourth-order valence-electron chi connectivity index (χ4n) is 8.38. The van der Waals surface area contributed by atoms with E-state index in [2.05, 4.69) is 34.1 Å². The normalized spacial score (nSPS) is 34.3. The molecule has 0 saturated carbocycles. The van der Waals surface area contributed by atoms with E-state index in [0.29, 0.717) is 12.8 Å². The van der Waals surface area contributed by atoms with E-state index in [-0.39, 0.29) is 71.7 Å². The number of rotatable bonds is 2. The Kier molecular flexibility index (Phi) is 10.3. The van der Waals surface area contributed by atoms with Crippen molar-refractivity contribution in [3.05, 3.63) is 69.2 Å². The number of hydrogen-bond acceptors (Lipinski definition) is 8. The summed E-state index contributed by atoms with van der Waals surface area (Å²) in [5, 5.41) is 20.0. The fourth-order valence-corrected chi connectivity index (χ4v) is 8.95. The molecule has 2 aliphatic heterocycles. The third-order valence-electron chi connectivity index (χ3n) is 10.5. The van der Waals surface area contributed by atoms with Crippen molar-refractivity contribution in [3.63, 3.8) is 0 Å². The molecule has 1 radical (unpaired) electrons. The summed E-state index contributed by atoms with van der Waals surface area (Å²) in [6, 6.07) is 6.39. The van der Waals surface area contributed by atoms with Gasteiger partial charge in [-0.05, 0) is 61.8 Å². The van der Waals surface area contributed by atoms with Crippen molar-refractivity contribution in [1.29, 1.82) is 0 Å². The molecule has 0 fully saturated rings. The number of ether oxygens (including phenoxy) is 4. The maximum Gasteiger partial charge on any atom is 0.166 e. The van der Waals surface area contributed by atoms with Crippen molar-refractivity contribution >= 4 is 15.9 Å². The van der Waals surface area contributed by atoms with Crippen LogP contribution in [0.25, 0.3) is 0 Å². The zero-order valence-electron chi connectivity index (χ0n) is 25.7. The number of hydrogen-bond donors (Lipinski definition) is 4. The molecule has 8 atom stereocenters. The van der Waals surface area contributed by atoms with Gasteiger partial charge in [0.05, 0.1) is 37.3 Å². The van der Waals surface area contributed by atoms with E-state index in [1.54, 1.807) is 14.2 Å². The summed E-state index contributed by atoms with van der Waals surface area (Å²) >= 11 is 3.69. The van der Waals surface area contributed by atoms with Crippen molar-refractivity contribution in [2.45, 2.75) is 98.7 Å². The van der Waals surface area contributed by atoms with Gasteiger partial charge in [-0.25, -0.2) is 0 Å². The van der Waals surface area contributed by atoms with Crippen molar-refractivity contribution in [1.82, 2.24) is 0 Å². The number of halogens is 1. The van der Waals surface area contributed by atoms with E-state index in [0.717, 1.165) is 66.0 Å². The molecule has 2 aromatic carbocycles. The van der Waals surface area contributed by atoms with Gasteiger partial charge >= 0.3 is 0 Å². The topological polar surface area (TPSA) is 129 Å². The third kappa shape index (κ3) is 5.63. The molecule has 4 aliphatic carbocycles. The maximum absolute atomic E-state index is 10.0. The van der Waals surface area contributed by atoms with Gasteiger partial charge in [-0.2, -0.15) is 0 Å². The minimum Gasteiger partial charge on any atom is -0.493 e. The van der Waals surface area contributed by atoms with Crippen LogP contribution in [-0.2, 0) is 60.2 Å². The molecular weight excluding hydrogens is 741 g/mol. The van der Waals surface area contributed by atoms with Crippen LogP contribution < -0.4 is 30.4 Å². The van der Waals surface area contributed by atoms with Crippen LogP contribution >= 0.6 is 15.9 Å². The van der Waals surface area contributed by atoms with E-state index < -0.39 is 12.2 Å². The largest absolute Gasteiger partial charge is 0.493 e. The van der Waals surface area contributed by atoms with Crippen LogP contribution in [0.3, 0.4) is 0 Å². The van der Waals surface area contributed by atoms with Gasteiger partial charge < -0.3 is 40.6 Å². The van der Waals surface area contributed by atoms with E-state index in [9.17, 15) is 10.2 Å². The number of nitrogens with two attached hydrogens (primary N) is 2. The number of aliphatic hydroxyl groups is 2. The van der Waals surface area contributed by atoms with Gasteiger partial charge in [-0.15, -0.1) is 0 Å². The Labute approximate surface area is 296 Å². The Balaban J connectivity index is 0.000000170. The maximum atomic E-state index is 10.0. The second-order valence-corrected chi connectivity index (χ2v) is 13.9. The summed E-state index contributed by atoms with van der Waals surface area (Å²) in [7, 11) is 3.33. The standard InChI is InChI=1S/C17H20BrNO3.C17H21NO3.Cu.Zn/c1-21-13-8-12(18)11-6-9(19)2-4-17-5-3-10(20)7-14(17)22-16(13)15(11)17;1-20-13-3-2-10-8-11(18)4-6-17-7-5-12(19)9-14(17)21-16(13)15(10)17;;/h3,5,8-10,14,20H,2,4,6-7,19H2,1H3;2-3,5,7,11-12,14,19H,4,6,8-9,18H2,1H3;;/t9?,10-,14?,17?;11?,12-,14?,17?;;/m00../s1. The Morgan fingerprint density at radius 1 is 0.822 bits per heavy atom. The fraction of sp³-hybridized carbons (Fsp3) is 0.529. The predicted octanol–water partition coefficient (Wildman–Crippen LogP) is 4.11. The van der Waals surface area contributed by atoms with Gasteiger partial charge in [0.15, 0.2) is 23.0 Å². The molecular formula is C34H41BrCuN2O6Zn. The van der Waals surface area contributed by atoms with Gasteiger partial charge in [-0.3, -0.25) is 0 Å². The Morgan fingerprint density at radius 3 is 1.93 bits per heavy atom. The van der Waals surface area contributed by atoms with E-state index in [1.807, 2.05) is 24.3 Å². The monoisotopic (exact) mass is 779 g/mol. The first kappa shape index (κ1) is 34.9. The van der Waals surface area contributed by atoms with Gasteiger partial charge in [-0.1, -0.05) is 46.3 Å². The van der Waals surface area contributed by atoms with Crippen molar-refractivity contribution in [2.75, 3.05) is 14.2 Å². The van der Waals surface area contributed by atoms with Crippen LogP contribution in [0.1, 0.15) is 60.8 Å². The molecule has 2 spiro atoms. The van der Waals surface area contributed by atoms with E-state index in [4.69, 9.17) is 30.4 Å². The van der Waals surface area contributed by atoms with E-state index >= 15 is 0 Å². The first-order chi connectivity index (χ1) is 20.7. The molecule has 0 amide bonds. The molecule has 8 nitrogen and oxygen atoms in total. The predicted molar refractivity (Wildman–Crippen MR) is 167 cm³/mol. The minimum absolute atomic E-state index is 0. The van der Waals surface area contributed by atoms with Crippen LogP contribution in [0, 0.1) is 0 Å². The molecule has 8 rings (SSSR count). The van der Waals surface area contributed by atoms with Crippen molar-refractivity contribution in [2.24, 2.45) is 11.5 Å². The molecule has 0 saturated heterocycles. The van der Waals surface area contributed by atoms with Gasteiger partial charge in [0, 0.05) is 77.1 Å². The zero-order chi connectivity index (χ0) is 30.1. The van der Waals surface area contributed by atoms with Crippen LogP contribution in [0.2, 0.25) is 0 Å². The van der Waals surface area contributed by atoms with Crippen LogP contribution in [0.4, 0.5) is 0 Å². The molecule has 243 valence electrons. The summed E-state index contributed by atoms with van der Waals surface area (Å²) in [6.45, 7) is 0. The summed E-state index contributed by atoms with van der Waals surface area (Å²) in [5.41, 5.74) is 17.2. The van der Waals surface area contributed by atoms with Gasteiger partial charge in [0.1, 0.15) is 12.2 Å². The Hall–Kier alpha value is -1.42. The smallest absolute Gasteiger partial charge is 0.166 e. The summed E-state index contributed by atoms with van der Waals surface area (Å²) in [6.07, 6.45) is 14.0. The minimum atomic E-state index is -0.445. The zero-order valence-corrected chi connectivity index (χ0v) is 31.2. The second-order valence-electron chi connectivity index (χ2n) is 13.0. The SMILES string of the molecule is COc1cc(Br)c2c3c1OC1C[C@@H](O)C=CC31CCC(N)C2.COc1ccc2c3c1OC1C[C@@H](O)C=CC31CCC(N)C2.[Cu].[Zn]. The molecule has 6 unspecified atom stereocenters. The van der Waals surface area contributed by atoms with Gasteiger partial charge in [0.25, 0.3) is 0 Å². The summed E-state index contributed by atoms with van der Waals surface area (Å²) in [5.74, 6) is 3.21. The average molecular weight is 783 g/mol. The molecule has 0 bridgehead atoms. The molecule has 6 aliphatic rings. The molecule has 2 aromatic rings. The summed E-state index contributed by atoms with van der Waals surface area (Å²) in [4.78, 5) is 0.